The highest BCUT2D eigenvalue weighted by molar-refractivity contribution is 9.10. The average molecular weight is 376 g/mol. The zero-order valence-electron chi connectivity index (χ0n) is 10.9. The van der Waals surface area contributed by atoms with E-state index < -0.39 is 5.97 Å². The molecule has 4 nitrogen and oxygen atoms in total. The minimum atomic E-state index is -0.397. The molecule has 2 rings (SSSR count). The molecule has 0 atom stereocenters. The highest BCUT2D eigenvalue weighted by atomic mass is 79.9. The number of benzene rings is 1. The molecule has 1 aromatic carbocycles. The van der Waals surface area contributed by atoms with E-state index in [1.807, 2.05) is 19.1 Å². The van der Waals surface area contributed by atoms with Gasteiger partial charge in [0.2, 0.25) is 0 Å². The van der Waals surface area contributed by atoms with Gasteiger partial charge in [0.1, 0.15) is 0 Å². The lowest BCUT2D eigenvalue weighted by atomic mass is 10.3. The smallest absolute Gasteiger partial charge is 0.358 e. The van der Waals surface area contributed by atoms with Crippen molar-refractivity contribution in [2.45, 2.75) is 13.8 Å². The number of aryl methyl sites for hydroxylation is 1. The molecule has 1 N–H and O–H groups in total. The monoisotopic (exact) mass is 374 g/mol. The predicted octanol–water partition coefficient (Wildman–Crippen LogP) is 4.79. The van der Waals surface area contributed by atoms with Gasteiger partial charge in [-0.15, -0.1) is 11.3 Å². The molecular weight excluding hydrogens is 364 g/mol. The number of carbonyl (C=O) groups excluding carboxylic acids is 1. The van der Waals surface area contributed by atoms with Crippen LogP contribution in [0, 0.1) is 6.92 Å². The third-order valence-electron chi connectivity index (χ3n) is 2.44. The standard InChI is InChI=1S/C13H12BrClN2O2S/c1-3-19-12(18)11-7(2)20-13(17-11)16-8-4-5-10(15)9(14)6-8/h4-6H,3H2,1-2H3,(H,16,17). The molecule has 1 aromatic heterocycles. The van der Waals surface area contributed by atoms with Gasteiger partial charge >= 0.3 is 5.97 Å². The molecule has 0 saturated carbocycles. The number of nitrogens with zero attached hydrogens (tertiary/aromatic N) is 1. The van der Waals surface area contributed by atoms with E-state index in [2.05, 4.69) is 26.2 Å². The number of halogens is 2. The maximum atomic E-state index is 11.7. The number of hydrogen-bond acceptors (Lipinski definition) is 5. The van der Waals surface area contributed by atoms with E-state index in [4.69, 9.17) is 16.3 Å². The summed E-state index contributed by atoms with van der Waals surface area (Å²) in [6.07, 6.45) is 0. The van der Waals surface area contributed by atoms with Crippen LogP contribution in [0.5, 0.6) is 0 Å². The number of hydrogen-bond donors (Lipinski definition) is 1. The first-order valence-corrected chi connectivity index (χ1v) is 7.86. The van der Waals surface area contributed by atoms with E-state index in [1.54, 1.807) is 13.0 Å². The minimum Gasteiger partial charge on any atom is -0.461 e. The van der Waals surface area contributed by atoms with Crippen LogP contribution in [0.4, 0.5) is 10.8 Å². The molecule has 0 fully saturated rings. The maximum Gasteiger partial charge on any atom is 0.358 e. The van der Waals surface area contributed by atoms with Crippen molar-refractivity contribution < 1.29 is 9.53 Å². The number of esters is 1. The molecule has 2 aromatic rings. The Kier molecular flexibility index (Phi) is 5.01. The number of aromatic nitrogens is 1. The quantitative estimate of drug-likeness (QED) is 0.781. The first kappa shape index (κ1) is 15.3. The van der Waals surface area contributed by atoms with Gasteiger partial charge in [-0.1, -0.05) is 11.6 Å². The Hall–Kier alpha value is -1.11. The topological polar surface area (TPSA) is 51.2 Å². The first-order chi connectivity index (χ1) is 9.51. The van der Waals surface area contributed by atoms with Gasteiger partial charge < -0.3 is 10.1 Å². The lowest BCUT2D eigenvalue weighted by Gasteiger charge is -2.03. The van der Waals surface area contributed by atoms with Crippen molar-refractivity contribution in [1.29, 1.82) is 0 Å². The van der Waals surface area contributed by atoms with Crippen LogP contribution in [0.3, 0.4) is 0 Å². The molecule has 1 heterocycles. The lowest BCUT2D eigenvalue weighted by Crippen LogP contribution is -2.06. The van der Waals surface area contributed by atoms with Crippen LogP contribution in [-0.2, 0) is 4.74 Å². The molecule has 7 heteroatoms. The van der Waals surface area contributed by atoms with Crippen molar-refractivity contribution in [3.63, 3.8) is 0 Å². The number of rotatable bonds is 4. The van der Waals surface area contributed by atoms with Crippen molar-refractivity contribution >= 4 is 55.7 Å². The van der Waals surface area contributed by atoms with Gasteiger partial charge in [0.15, 0.2) is 10.8 Å². The predicted molar refractivity (Wildman–Crippen MR) is 85.2 cm³/mol. The van der Waals surface area contributed by atoms with Crippen LogP contribution in [0.15, 0.2) is 22.7 Å². The zero-order valence-corrected chi connectivity index (χ0v) is 14.0. The molecule has 0 aliphatic carbocycles. The second-order valence-electron chi connectivity index (χ2n) is 3.90. The fourth-order valence-corrected chi connectivity index (χ4v) is 2.85. The fourth-order valence-electron chi connectivity index (χ4n) is 1.54. The Bertz CT molecular complexity index is 645. The van der Waals surface area contributed by atoms with Crippen molar-refractivity contribution in [3.8, 4) is 0 Å². The number of ether oxygens (including phenoxy) is 1. The highest BCUT2D eigenvalue weighted by Gasteiger charge is 2.16. The maximum absolute atomic E-state index is 11.7. The molecule has 0 radical (unpaired) electrons. The molecular formula is C13H12BrClN2O2S. The van der Waals surface area contributed by atoms with Crippen LogP contribution in [0.1, 0.15) is 22.3 Å². The van der Waals surface area contributed by atoms with Crippen molar-refractivity contribution in [2.24, 2.45) is 0 Å². The van der Waals surface area contributed by atoms with Crippen LogP contribution >= 0.6 is 38.9 Å². The van der Waals surface area contributed by atoms with Gasteiger partial charge in [0.05, 0.1) is 11.6 Å². The van der Waals surface area contributed by atoms with Crippen LogP contribution < -0.4 is 5.32 Å². The number of thiazole rings is 1. The van der Waals surface area contributed by atoms with E-state index in [0.717, 1.165) is 15.0 Å². The van der Waals surface area contributed by atoms with Crippen molar-refractivity contribution in [2.75, 3.05) is 11.9 Å². The summed E-state index contributed by atoms with van der Waals surface area (Å²) >= 11 is 10.7. The zero-order chi connectivity index (χ0) is 14.7. The van der Waals surface area contributed by atoms with Crippen LogP contribution in [0.2, 0.25) is 5.02 Å². The van der Waals surface area contributed by atoms with Crippen molar-refractivity contribution in [3.05, 3.63) is 38.3 Å². The minimum absolute atomic E-state index is 0.336. The highest BCUT2D eigenvalue weighted by Crippen LogP contribution is 2.30. The van der Waals surface area contributed by atoms with Crippen LogP contribution in [-0.4, -0.2) is 17.6 Å². The van der Waals surface area contributed by atoms with Gasteiger partial charge in [-0.3, -0.25) is 0 Å². The molecule has 0 saturated heterocycles. The summed E-state index contributed by atoms with van der Waals surface area (Å²) in [5.41, 5.74) is 1.19. The third kappa shape index (κ3) is 3.50. The molecule has 0 aliphatic heterocycles. The van der Waals surface area contributed by atoms with E-state index in [9.17, 15) is 4.79 Å². The van der Waals surface area contributed by atoms with Gasteiger partial charge in [0, 0.05) is 15.0 Å². The van der Waals surface area contributed by atoms with Crippen LogP contribution in [0.25, 0.3) is 0 Å². The second kappa shape index (κ2) is 6.56. The number of nitrogens with one attached hydrogen (secondary N) is 1. The van der Waals surface area contributed by atoms with E-state index in [0.29, 0.717) is 22.5 Å². The number of anilines is 2. The molecule has 20 heavy (non-hydrogen) atoms. The average Bonchev–Trinajstić information content (AvgIpc) is 2.75. The van der Waals surface area contributed by atoms with E-state index >= 15 is 0 Å². The third-order valence-corrected chi connectivity index (χ3v) is 4.54. The number of carbonyl (C=O) groups is 1. The normalized spacial score (nSPS) is 10.4. The molecule has 0 bridgehead atoms. The Balaban J connectivity index is 2.20. The Labute approximate surface area is 134 Å². The lowest BCUT2D eigenvalue weighted by molar-refractivity contribution is 0.0519. The Morgan fingerprint density at radius 3 is 2.95 bits per heavy atom. The van der Waals surface area contributed by atoms with E-state index in [1.165, 1.54) is 11.3 Å². The summed E-state index contributed by atoms with van der Waals surface area (Å²) in [6.45, 7) is 3.94. The molecule has 0 unspecified atom stereocenters. The summed E-state index contributed by atoms with van der Waals surface area (Å²) in [5.74, 6) is -0.397. The summed E-state index contributed by atoms with van der Waals surface area (Å²) in [6, 6.07) is 5.47. The summed E-state index contributed by atoms with van der Waals surface area (Å²) < 4.78 is 5.75. The van der Waals surface area contributed by atoms with E-state index in [-0.39, 0.29) is 0 Å². The molecule has 0 amide bonds. The fraction of sp³-hybridized carbons (Fsp3) is 0.231. The summed E-state index contributed by atoms with van der Waals surface area (Å²) in [4.78, 5) is 16.8. The van der Waals surface area contributed by atoms with Gasteiger partial charge in [-0.05, 0) is 48.0 Å². The molecule has 106 valence electrons. The molecule has 0 spiro atoms. The summed E-state index contributed by atoms with van der Waals surface area (Å²) in [5, 5.41) is 4.42. The van der Waals surface area contributed by atoms with Crippen molar-refractivity contribution in [1.82, 2.24) is 4.98 Å². The van der Waals surface area contributed by atoms with Gasteiger partial charge in [-0.25, -0.2) is 9.78 Å². The van der Waals surface area contributed by atoms with Gasteiger partial charge in [-0.2, -0.15) is 0 Å². The SMILES string of the molecule is CCOC(=O)c1nc(Nc2ccc(Cl)c(Br)c2)sc1C. The first-order valence-electron chi connectivity index (χ1n) is 5.88. The Morgan fingerprint density at radius 1 is 1.55 bits per heavy atom. The molecule has 0 aliphatic rings. The second-order valence-corrected chi connectivity index (χ2v) is 6.36. The largest absolute Gasteiger partial charge is 0.461 e. The Morgan fingerprint density at radius 2 is 2.30 bits per heavy atom. The summed E-state index contributed by atoms with van der Waals surface area (Å²) in [7, 11) is 0. The van der Waals surface area contributed by atoms with Gasteiger partial charge in [0.25, 0.3) is 0 Å².